The van der Waals surface area contributed by atoms with Gasteiger partial charge >= 0.3 is 0 Å². The molecule has 4 rings (SSSR count). The maximum atomic E-state index is 13.6. The molecule has 4 saturated heterocycles. The molecule has 3 amide bonds. The van der Waals surface area contributed by atoms with Crippen LogP contribution in [0.5, 0.6) is 0 Å². The molecule has 12 N–H and O–H groups in total. The van der Waals surface area contributed by atoms with Gasteiger partial charge in [0.1, 0.15) is 85.4 Å². The van der Waals surface area contributed by atoms with Gasteiger partial charge < -0.3 is 109 Å². The van der Waals surface area contributed by atoms with Crippen LogP contribution in [-0.2, 0) is 71.3 Å². The summed E-state index contributed by atoms with van der Waals surface area (Å²) in [5.41, 5.74) is 0. The first-order valence-electron chi connectivity index (χ1n) is 20.8. The number of rotatable bonds is 20. The van der Waals surface area contributed by atoms with E-state index in [2.05, 4.69) is 16.0 Å². The van der Waals surface area contributed by atoms with E-state index in [1.807, 2.05) is 0 Å². The van der Waals surface area contributed by atoms with Crippen LogP contribution in [0.2, 0.25) is 0 Å². The zero-order valence-corrected chi connectivity index (χ0v) is 36.6. The number of carbonyl (C=O) groups excluding carboxylic acids is 5. The van der Waals surface area contributed by atoms with Crippen LogP contribution < -0.4 is 16.0 Å². The van der Waals surface area contributed by atoms with E-state index < -0.39 is 178 Å². The Labute approximate surface area is 372 Å². The maximum Gasteiger partial charge on any atom is 0.295 e. The molecular weight excluding hydrogens is 882 g/mol. The third kappa shape index (κ3) is 13.0. The molecule has 27 heteroatoms. The number of carbonyl (C=O) groups is 5. The zero-order chi connectivity index (χ0) is 48.6. The average Bonchev–Trinajstić information content (AvgIpc) is 3.23. The van der Waals surface area contributed by atoms with E-state index in [0.29, 0.717) is 0 Å². The molecule has 4 aliphatic heterocycles. The van der Waals surface area contributed by atoms with E-state index in [-0.39, 0.29) is 12.9 Å². The molecule has 374 valence electrons. The van der Waals surface area contributed by atoms with Gasteiger partial charge in [-0.2, -0.15) is 0 Å². The fourth-order valence-corrected chi connectivity index (χ4v) is 7.86. The summed E-state index contributed by atoms with van der Waals surface area (Å²) in [6, 6.07) is -3.00. The van der Waals surface area contributed by atoms with Crippen LogP contribution in [-0.4, -0.2) is 231 Å². The molecule has 8 unspecified atom stereocenters. The minimum atomic E-state index is -2.29. The molecule has 0 radical (unpaired) electrons. The first-order chi connectivity index (χ1) is 30.6. The summed E-state index contributed by atoms with van der Waals surface area (Å²) >= 11 is 0. The second kappa shape index (κ2) is 24.1. The molecule has 4 fully saturated rings. The van der Waals surface area contributed by atoms with Gasteiger partial charge in [0.25, 0.3) is 18.9 Å². The first-order valence-corrected chi connectivity index (χ1v) is 20.8. The highest BCUT2D eigenvalue weighted by Crippen LogP contribution is 2.36. The van der Waals surface area contributed by atoms with Gasteiger partial charge in [0.05, 0.1) is 31.5 Å². The van der Waals surface area contributed by atoms with Gasteiger partial charge in [-0.05, 0) is 26.7 Å². The number of aliphatic hydroxyl groups excluding tert-OH is 9. The van der Waals surface area contributed by atoms with Crippen molar-refractivity contribution in [3.05, 3.63) is 0 Å². The Morgan fingerprint density at radius 2 is 1.15 bits per heavy atom. The fourth-order valence-electron chi connectivity index (χ4n) is 7.86. The molecule has 27 nitrogen and oxygen atoms in total. The third-order valence-corrected chi connectivity index (χ3v) is 10.9. The van der Waals surface area contributed by atoms with Crippen molar-refractivity contribution in [2.24, 2.45) is 5.92 Å². The Balaban J connectivity index is 1.79. The summed E-state index contributed by atoms with van der Waals surface area (Å²) in [6.07, 6.45) is -36.9. The van der Waals surface area contributed by atoms with Crippen LogP contribution >= 0.6 is 0 Å². The second-order valence-electron chi connectivity index (χ2n) is 16.6. The average molecular weight is 946 g/mol. The number of aliphatic hydroxyl groups is 9. The number of amides is 3. The van der Waals surface area contributed by atoms with Gasteiger partial charge in [0.2, 0.25) is 24.3 Å². The molecule has 0 spiro atoms. The van der Waals surface area contributed by atoms with Crippen molar-refractivity contribution in [1.82, 2.24) is 16.0 Å². The lowest BCUT2D eigenvalue weighted by atomic mass is 9.87. The van der Waals surface area contributed by atoms with Crippen molar-refractivity contribution < 1.29 is 117 Å². The van der Waals surface area contributed by atoms with Crippen molar-refractivity contribution in [1.29, 1.82) is 0 Å². The van der Waals surface area contributed by atoms with Crippen LogP contribution in [0, 0.1) is 5.92 Å². The molecule has 0 saturated carbocycles. The Bertz CT molecular complexity index is 1560. The van der Waals surface area contributed by atoms with Gasteiger partial charge in [0, 0.05) is 13.8 Å². The Morgan fingerprint density at radius 3 is 1.68 bits per heavy atom. The van der Waals surface area contributed by atoms with Crippen LogP contribution in [0.25, 0.3) is 0 Å². The van der Waals surface area contributed by atoms with Crippen LogP contribution in [0.3, 0.4) is 0 Å². The van der Waals surface area contributed by atoms with Crippen LogP contribution in [0.4, 0.5) is 0 Å². The summed E-state index contributed by atoms with van der Waals surface area (Å²) in [4.78, 5) is 61.4. The molecule has 4 aliphatic rings. The van der Waals surface area contributed by atoms with E-state index in [9.17, 15) is 69.9 Å². The second-order valence-corrected chi connectivity index (χ2v) is 16.6. The Morgan fingerprint density at radius 1 is 0.615 bits per heavy atom. The zero-order valence-electron chi connectivity index (χ0n) is 36.6. The van der Waals surface area contributed by atoms with E-state index in [4.69, 9.17) is 47.4 Å². The minimum Gasteiger partial charge on any atom is -0.441 e. The largest absolute Gasteiger partial charge is 0.441 e. The van der Waals surface area contributed by atoms with Crippen molar-refractivity contribution >= 4 is 30.7 Å². The molecule has 65 heavy (non-hydrogen) atoms. The van der Waals surface area contributed by atoms with E-state index in [0.717, 1.165) is 20.8 Å². The molecule has 0 aromatic carbocycles. The van der Waals surface area contributed by atoms with Gasteiger partial charge in [-0.15, -0.1) is 0 Å². The predicted molar refractivity (Wildman–Crippen MR) is 207 cm³/mol. The van der Waals surface area contributed by atoms with E-state index in [1.165, 1.54) is 0 Å². The summed E-state index contributed by atoms with van der Waals surface area (Å²) in [5, 5.41) is 106. The van der Waals surface area contributed by atoms with Crippen molar-refractivity contribution in [3.63, 3.8) is 0 Å². The molecule has 22 atom stereocenters. The summed E-state index contributed by atoms with van der Waals surface area (Å²) in [5.74, 6) is -3.17. The standard InChI is InChI=1S/C38H63N3O24/c1-12(2)27-19(39-15(6)47)28(21(49)17(8-42)59-27)62-38-32(24(52)23(51)30(63-38)33(55)41-34(14(5)46)56-10-44)64-35-20(40-16(7)48)29(22(50)18(9-43)60-35)61-36-26(54)25(53)31(58-13(3)4)37(65-36)57-11-45/h10-14,17-32,34-38,42-43,46,49-54H,8-9H2,1-7H3,(H,39,47)(H,40,48)(H,41,55)/t14-,17?,18?,19?,20?,21+,22-,23-,24+,25-,26?,27+,28-,29-,30?,31+,32?,34-,35+,36-,37?,38+/m1/s1. The van der Waals surface area contributed by atoms with Crippen LogP contribution in [0.1, 0.15) is 48.5 Å². The lowest BCUT2D eigenvalue weighted by molar-refractivity contribution is -0.386. The van der Waals surface area contributed by atoms with Crippen molar-refractivity contribution in [3.8, 4) is 0 Å². The maximum absolute atomic E-state index is 13.6. The number of ether oxygens (including phenoxy) is 10. The first kappa shape index (κ1) is 54.3. The highest BCUT2D eigenvalue weighted by atomic mass is 16.8. The fraction of sp³-hybridized carbons (Fsp3) is 0.868. The normalized spacial score (nSPS) is 40.9. The molecule has 4 heterocycles. The van der Waals surface area contributed by atoms with Gasteiger partial charge in [-0.1, -0.05) is 13.8 Å². The Hall–Kier alpha value is -3.33. The number of hydrogen-bond donors (Lipinski definition) is 12. The SMILES string of the molecule is CC(=O)NC1[C@H](OC2[C@@H](O[C@@H]3C(NC(C)=O)[C@H](C(C)C)OC(CO)[C@@H]3O)OC(C(=O)N[C@H](OC=O)[C@@H](C)O)[C@H](O)[C@@H]2O)OC(CO)[C@@H](O)[C@@H]1O[C@@H]1OC(OC=O)[C@@H](OC(C)C)[C@H](O)C1O. The molecule has 0 aliphatic carbocycles. The molecular formula is C38H63N3O24. The third-order valence-electron chi connectivity index (χ3n) is 10.9. The van der Waals surface area contributed by atoms with Gasteiger partial charge in [-0.3, -0.25) is 24.0 Å². The molecule has 0 bridgehead atoms. The number of nitrogens with one attached hydrogen (secondary N) is 3. The highest BCUT2D eigenvalue weighted by Gasteiger charge is 2.58. The van der Waals surface area contributed by atoms with E-state index in [1.54, 1.807) is 27.7 Å². The summed E-state index contributed by atoms with van der Waals surface area (Å²) in [7, 11) is 0. The molecule has 0 aromatic heterocycles. The summed E-state index contributed by atoms with van der Waals surface area (Å²) < 4.78 is 57.0. The summed E-state index contributed by atoms with van der Waals surface area (Å²) in [6.45, 7) is 8.04. The van der Waals surface area contributed by atoms with Crippen LogP contribution in [0.15, 0.2) is 0 Å². The van der Waals surface area contributed by atoms with Crippen molar-refractivity contribution in [2.75, 3.05) is 13.2 Å². The van der Waals surface area contributed by atoms with Gasteiger partial charge in [-0.25, -0.2) is 0 Å². The highest BCUT2D eigenvalue weighted by molar-refractivity contribution is 5.82. The Kier molecular flexibility index (Phi) is 20.1. The number of hydrogen-bond acceptors (Lipinski definition) is 24. The smallest absolute Gasteiger partial charge is 0.295 e. The quantitative estimate of drug-likeness (QED) is 0.0398. The van der Waals surface area contributed by atoms with Crippen molar-refractivity contribution in [2.45, 2.75) is 190 Å². The molecule has 0 aromatic rings. The monoisotopic (exact) mass is 945 g/mol. The topological polar surface area (TPSA) is 396 Å². The predicted octanol–water partition coefficient (Wildman–Crippen LogP) is -7.18. The van der Waals surface area contributed by atoms with Gasteiger partial charge in [0.15, 0.2) is 25.0 Å². The van der Waals surface area contributed by atoms with E-state index >= 15 is 0 Å². The lowest BCUT2D eigenvalue weighted by Gasteiger charge is -2.51. The lowest BCUT2D eigenvalue weighted by Crippen LogP contribution is -2.71. The minimum absolute atomic E-state index is 0.0221.